The van der Waals surface area contributed by atoms with Gasteiger partial charge in [-0.05, 0) is 51.4 Å². The first-order valence-corrected chi connectivity index (χ1v) is 6.75. The normalized spacial score (nSPS) is 32.6. The van der Waals surface area contributed by atoms with Crippen molar-refractivity contribution in [1.29, 1.82) is 0 Å². The molecule has 16 heavy (non-hydrogen) atoms. The highest BCUT2D eigenvalue weighted by Crippen LogP contribution is 2.40. The van der Waals surface area contributed by atoms with Crippen LogP contribution in [0.25, 0.3) is 0 Å². The van der Waals surface area contributed by atoms with Gasteiger partial charge in [-0.3, -0.25) is 0 Å². The Kier molecular flexibility index (Phi) is 2.73. The highest BCUT2D eigenvalue weighted by molar-refractivity contribution is 4.99. The quantitative estimate of drug-likeness (QED) is 0.678. The summed E-state index contributed by atoms with van der Waals surface area (Å²) < 4.78 is 0. The lowest BCUT2D eigenvalue weighted by Crippen LogP contribution is -2.62. The van der Waals surface area contributed by atoms with Crippen LogP contribution in [0.4, 0.5) is 0 Å². The largest absolute Gasteiger partial charge is 0.306 e. The minimum absolute atomic E-state index is 0.724. The third kappa shape index (κ3) is 2.01. The van der Waals surface area contributed by atoms with Crippen molar-refractivity contribution in [1.82, 2.24) is 14.7 Å². The molecule has 1 spiro atoms. The van der Waals surface area contributed by atoms with Gasteiger partial charge in [0.25, 0.3) is 0 Å². The lowest BCUT2D eigenvalue weighted by atomic mass is 9.71. The summed E-state index contributed by atoms with van der Waals surface area (Å²) in [5.74, 6) is 0.966. The Morgan fingerprint density at radius 3 is 2.19 bits per heavy atom. The zero-order valence-corrected chi connectivity index (χ0v) is 10.8. The van der Waals surface area contributed by atoms with Gasteiger partial charge in [-0.25, -0.2) is 0 Å². The molecule has 0 bridgehead atoms. The predicted molar refractivity (Wildman–Crippen MR) is 66.6 cm³/mol. The number of rotatable bonds is 2. The summed E-state index contributed by atoms with van der Waals surface area (Å²) in [7, 11) is 4.48. The van der Waals surface area contributed by atoms with Crippen LogP contribution in [0.5, 0.6) is 0 Å². The Morgan fingerprint density at radius 2 is 1.62 bits per heavy atom. The maximum absolute atomic E-state index is 2.70. The lowest BCUT2D eigenvalue weighted by Gasteiger charge is -2.55. The zero-order valence-electron chi connectivity index (χ0n) is 10.8. The summed E-state index contributed by atoms with van der Waals surface area (Å²) in [6, 6.07) is 0. The van der Waals surface area contributed by atoms with Crippen molar-refractivity contribution in [3.8, 4) is 0 Å². The van der Waals surface area contributed by atoms with Gasteiger partial charge in [0.2, 0.25) is 0 Å². The van der Waals surface area contributed by atoms with Crippen molar-refractivity contribution in [2.24, 2.45) is 11.3 Å². The van der Waals surface area contributed by atoms with Gasteiger partial charge in [-0.15, -0.1) is 0 Å². The molecule has 0 aromatic heterocycles. The van der Waals surface area contributed by atoms with Crippen LogP contribution in [0.15, 0.2) is 0 Å². The number of hydrogen-bond donors (Lipinski definition) is 0. The van der Waals surface area contributed by atoms with Gasteiger partial charge in [0, 0.05) is 32.7 Å². The van der Waals surface area contributed by atoms with E-state index in [0.29, 0.717) is 0 Å². The van der Waals surface area contributed by atoms with Crippen molar-refractivity contribution >= 4 is 0 Å². The van der Waals surface area contributed by atoms with Gasteiger partial charge < -0.3 is 14.7 Å². The van der Waals surface area contributed by atoms with E-state index in [1.165, 1.54) is 58.7 Å². The van der Waals surface area contributed by atoms with Gasteiger partial charge in [-0.2, -0.15) is 0 Å². The van der Waals surface area contributed by atoms with Crippen molar-refractivity contribution in [3.05, 3.63) is 0 Å². The predicted octanol–water partition coefficient (Wildman–Crippen LogP) is 0.576. The Labute approximate surface area is 99.4 Å². The molecular weight excluding hydrogens is 198 g/mol. The minimum Gasteiger partial charge on any atom is -0.306 e. The van der Waals surface area contributed by atoms with E-state index in [-0.39, 0.29) is 0 Å². The molecule has 92 valence electrons. The molecule has 0 saturated carbocycles. The second-order valence-corrected chi connectivity index (χ2v) is 6.56. The average Bonchev–Trinajstić information content (AvgIpc) is 2.16. The molecule has 3 heterocycles. The van der Waals surface area contributed by atoms with Crippen LogP contribution in [-0.4, -0.2) is 74.6 Å². The van der Waals surface area contributed by atoms with Gasteiger partial charge in [-0.1, -0.05) is 0 Å². The van der Waals surface area contributed by atoms with Crippen LogP contribution in [0.2, 0.25) is 0 Å². The summed E-state index contributed by atoms with van der Waals surface area (Å²) in [6.45, 7) is 9.43. The fourth-order valence-electron chi connectivity index (χ4n) is 3.75. The minimum atomic E-state index is 0.724. The van der Waals surface area contributed by atoms with Crippen LogP contribution in [-0.2, 0) is 0 Å². The van der Waals surface area contributed by atoms with E-state index in [9.17, 15) is 0 Å². The molecular formula is C13H25N3. The van der Waals surface area contributed by atoms with Crippen molar-refractivity contribution in [3.63, 3.8) is 0 Å². The van der Waals surface area contributed by atoms with Crippen molar-refractivity contribution in [2.45, 2.75) is 12.8 Å². The average molecular weight is 223 g/mol. The Bertz CT molecular complexity index is 244. The third-order valence-electron chi connectivity index (χ3n) is 4.82. The van der Waals surface area contributed by atoms with Crippen molar-refractivity contribution < 1.29 is 0 Å². The standard InChI is InChI=1S/C13H25N3/c1-14-5-3-13(4-6-14)10-16(11-13)9-12-7-15(2)8-12/h12H,3-11H2,1-2H3. The molecule has 3 nitrogen and oxygen atoms in total. The molecule has 3 aliphatic rings. The first-order chi connectivity index (χ1) is 7.65. The Balaban J connectivity index is 1.41. The molecule has 0 N–H and O–H groups in total. The molecule has 3 heteroatoms. The first-order valence-electron chi connectivity index (χ1n) is 6.75. The summed E-state index contributed by atoms with van der Waals surface area (Å²) >= 11 is 0. The molecule has 3 aliphatic heterocycles. The molecule has 0 unspecified atom stereocenters. The summed E-state index contributed by atoms with van der Waals surface area (Å²) in [5.41, 5.74) is 0.724. The topological polar surface area (TPSA) is 9.72 Å². The Morgan fingerprint density at radius 1 is 1.00 bits per heavy atom. The number of piperidine rings is 1. The molecule has 3 fully saturated rings. The highest BCUT2D eigenvalue weighted by atomic mass is 15.3. The van der Waals surface area contributed by atoms with Crippen LogP contribution in [0, 0.1) is 11.3 Å². The van der Waals surface area contributed by atoms with E-state index < -0.39 is 0 Å². The molecule has 0 aliphatic carbocycles. The zero-order chi connectivity index (χ0) is 11.2. The molecule has 0 aromatic rings. The number of hydrogen-bond acceptors (Lipinski definition) is 3. The molecule has 0 aromatic carbocycles. The molecule has 0 amide bonds. The summed E-state index contributed by atoms with van der Waals surface area (Å²) in [5, 5.41) is 0. The first kappa shape index (κ1) is 11.0. The number of likely N-dealkylation sites (tertiary alicyclic amines) is 3. The summed E-state index contributed by atoms with van der Waals surface area (Å²) in [4.78, 5) is 7.60. The smallest absolute Gasteiger partial charge is 0.00516 e. The fourth-order valence-corrected chi connectivity index (χ4v) is 3.75. The van der Waals surface area contributed by atoms with Crippen LogP contribution >= 0.6 is 0 Å². The van der Waals surface area contributed by atoms with E-state index in [1.54, 1.807) is 0 Å². The van der Waals surface area contributed by atoms with Crippen molar-refractivity contribution in [2.75, 3.05) is 59.9 Å². The van der Waals surface area contributed by atoms with Crippen LogP contribution in [0.3, 0.4) is 0 Å². The summed E-state index contributed by atoms with van der Waals surface area (Å²) in [6.07, 6.45) is 2.87. The molecule has 0 atom stereocenters. The third-order valence-corrected chi connectivity index (χ3v) is 4.82. The monoisotopic (exact) mass is 223 g/mol. The maximum atomic E-state index is 2.70. The second kappa shape index (κ2) is 3.97. The second-order valence-electron chi connectivity index (χ2n) is 6.56. The molecule has 0 radical (unpaired) electrons. The van der Waals surface area contributed by atoms with Gasteiger partial charge >= 0.3 is 0 Å². The van der Waals surface area contributed by atoms with E-state index in [0.717, 1.165) is 11.3 Å². The van der Waals surface area contributed by atoms with Crippen LogP contribution in [0.1, 0.15) is 12.8 Å². The Hall–Kier alpha value is -0.120. The van der Waals surface area contributed by atoms with Gasteiger partial charge in [0.05, 0.1) is 0 Å². The van der Waals surface area contributed by atoms with E-state index in [2.05, 4.69) is 28.8 Å². The fraction of sp³-hybridized carbons (Fsp3) is 1.00. The van der Waals surface area contributed by atoms with Gasteiger partial charge in [0.1, 0.15) is 0 Å². The lowest BCUT2D eigenvalue weighted by molar-refractivity contribution is -0.0613. The molecule has 3 rings (SSSR count). The van der Waals surface area contributed by atoms with E-state index in [1.807, 2.05) is 0 Å². The van der Waals surface area contributed by atoms with Crippen LogP contribution < -0.4 is 0 Å². The molecule has 3 saturated heterocycles. The van der Waals surface area contributed by atoms with E-state index >= 15 is 0 Å². The number of nitrogens with zero attached hydrogens (tertiary/aromatic N) is 3. The van der Waals surface area contributed by atoms with Gasteiger partial charge in [0.15, 0.2) is 0 Å². The SMILES string of the molecule is CN1CCC2(CC1)CN(CC1CN(C)C1)C2. The highest BCUT2D eigenvalue weighted by Gasteiger charge is 2.45. The maximum Gasteiger partial charge on any atom is 0.00516 e. The van der Waals surface area contributed by atoms with E-state index in [4.69, 9.17) is 0 Å².